The summed E-state index contributed by atoms with van der Waals surface area (Å²) >= 11 is 1.59. The Balaban J connectivity index is 1.16. The van der Waals surface area contributed by atoms with E-state index in [4.69, 9.17) is 0 Å². The molecular weight excluding hydrogens is 468 g/mol. The lowest BCUT2D eigenvalue weighted by Gasteiger charge is -2.36. The standard InChI is InChI=1S/C29H30N4O2S/c34-28(32-19-17-31(18-20-32)24-11-5-2-6-12-24)22-36-27-21-33(26-14-8-7-13-25(26)27)16-15-30-29(35)23-9-3-1-4-10-23/h1-14,21H,15-20,22H2,(H,30,35). The molecule has 1 aromatic heterocycles. The SMILES string of the molecule is O=C(NCCn1cc(SCC(=O)N2CCN(c3ccccc3)CC2)c2ccccc21)c1ccccc1. The van der Waals surface area contributed by atoms with Crippen LogP contribution in [0.3, 0.4) is 0 Å². The predicted octanol–water partition coefficient (Wildman–Crippen LogP) is 4.51. The molecule has 184 valence electrons. The quantitative estimate of drug-likeness (QED) is 0.363. The number of carbonyl (C=O) groups is 2. The number of nitrogens with zero attached hydrogens (tertiary/aromatic N) is 3. The van der Waals surface area contributed by atoms with E-state index in [0.717, 1.165) is 42.0 Å². The largest absolute Gasteiger partial charge is 0.368 e. The molecule has 2 amide bonds. The van der Waals surface area contributed by atoms with Crippen LogP contribution in [0.1, 0.15) is 10.4 Å². The van der Waals surface area contributed by atoms with Crippen LogP contribution in [0.4, 0.5) is 5.69 Å². The van der Waals surface area contributed by atoms with E-state index >= 15 is 0 Å². The Morgan fingerprint density at radius 2 is 1.47 bits per heavy atom. The molecule has 1 N–H and O–H groups in total. The fraction of sp³-hybridized carbons (Fsp3) is 0.241. The van der Waals surface area contributed by atoms with Gasteiger partial charge in [0.15, 0.2) is 0 Å². The van der Waals surface area contributed by atoms with Gasteiger partial charge in [-0.1, -0.05) is 54.6 Å². The number of aromatic nitrogens is 1. The average Bonchev–Trinajstić information content (AvgIpc) is 3.30. The van der Waals surface area contributed by atoms with Crippen LogP contribution in [0.2, 0.25) is 0 Å². The summed E-state index contributed by atoms with van der Waals surface area (Å²) < 4.78 is 2.16. The Morgan fingerprint density at radius 3 is 2.22 bits per heavy atom. The first-order valence-corrected chi connectivity index (χ1v) is 13.3. The van der Waals surface area contributed by atoms with Crippen LogP contribution in [-0.2, 0) is 11.3 Å². The van der Waals surface area contributed by atoms with Gasteiger partial charge < -0.3 is 19.7 Å². The number of carbonyl (C=O) groups excluding carboxylic acids is 2. The molecule has 0 atom stereocenters. The second kappa shape index (κ2) is 11.4. The third kappa shape index (κ3) is 5.57. The second-order valence-corrected chi connectivity index (χ2v) is 9.84. The summed E-state index contributed by atoms with van der Waals surface area (Å²) in [5.74, 6) is 0.531. The molecule has 1 fully saturated rings. The highest BCUT2D eigenvalue weighted by Gasteiger charge is 2.22. The smallest absolute Gasteiger partial charge is 0.251 e. The highest BCUT2D eigenvalue weighted by molar-refractivity contribution is 8.00. The summed E-state index contributed by atoms with van der Waals surface area (Å²) in [5.41, 5.74) is 2.99. The highest BCUT2D eigenvalue weighted by atomic mass is 32.2. The van der Waals surface area contributed by atoms with Gasteiger partial charge in [-0.3, -0.25) is 9.59 Å². The van der Waals surface area contributed by atoms with E-state index in [9.17, 15) is 9.59 Å². The first-order chi connectivity index (χ1) is 17.7. The first kappa shape index (κ1) is 24.0. The first-order valence-electron chi connectivity index (χ1n) is 12.3. The third-order valence-electron chi connectivity index (χ3n) is 6.53. The van der Waals surface area contributed by atoms with Crippen molar-refractivity contribution in [2.75, 3.05) is 43.4 Å². The summed E-state index contributed by atoms with van der Waals surface area (Å²) in [4.78, 5) is 30.7. The number of benzene rings is 3. The van der Waals surface area contributed by atoms with E-state index in [0.29, 0.717) is 24.4 Å². The number of thioether (sulfide) groups is 1. The molecule has 0 spiro atoms. The molecule has 1 saturated heterocycles. The van der Waals surface area contributed by atoms with Crippen LogP contribution in [0.5, 0.6) is 0 Å². The van der Waals surface area contributed by atoms with Crippen LogP contribution in [-0.4, -0.2) is 59.8 Å². The number of nitrogens with one attached hydrogen (secondary N) is 1. The van der Waals surface area contributed by atoms with Crippen molar-refractivity contribution in [1.82, 2.24) is 14.8 Å². The number of piperazine rings is 1. The summed E-state index contributed by atoms with van der Waals surface area (Å²) in [6.07, 6.45) is 2.10. The maximum atomic E-state index is 13.0. The van der Waals surface area contributed by atoms with Gasteiger partial charge in [0.05, 0.1) is 5.75 Å². The van der Waals surface area contributed by atoms with Crippen molar-refractivity contribution in [3.63, 3.8) is 0 Å². The number of hydrogen-bond acceptors (Lipinski definition) is 4. The summed E-state index contributed by atoms with van der Waals surface area (Å²) in [5, 5.41) is 4.14. The molecule has 2 heterocycles. The Kier molecular flexibility index (Phi) is 7.57. The number of para-hydroxylation sites is 2. The number of anilines is 1. The van der Waals surface area contributed by atoms with Crippen LogP contribution < -0.4 is 10.2 Å². The molecular formula is C29H30N4O2S. The lowest BCUT2D eigenvalue weighted by Crippen LogP contribution is -2.49. The Morgan fingerprint density at radius 1 is 0.806 bits per heavy atom. The lowest BCUT2D eigenvalue weighted by molar-refractivity contribution is -0.128. The zero-order chi connectivity index (χ0) is 24.7. The molecule has 7 heteroatoms. The minimum absolute atomic E-state index is 0.0698. The van der Waals surface area contributed by atoms with Crippen LogP contribution >= 0.6 is 11.8 Å². The monoisotopic (exact) mass is 498 g/mol. The van der Waals surface area contributed by atoms with Crippen molar-refractivity contribution >= 4 is 40.2 Å². The van der Waals surface area contributed by atoms with Crippen molar-refractivity contribution in [3.05, 3.63) is 96.7 Å². The number of amides is 2. The van der Waals surface area contributed by atoms with Crippen molar-refractivity contribution in [1.29, 1.82) is 0 Å². The van der Waals surface area contributed by atoms with E-state index < -0.39 is 0 Å². The van der Waals surface area contributed by atoms with Crippen molar-refractivity contribution in [3.8, 4) is 0 Å². The van der Waals surface area contributed by atoms with Gasteiger partial charge in [0.25, 0.3) is 5.91 Å². The molecule has 1 aliphatic heterocycles. The lowest BCUT2D eigenvalue weighted by atomic mass is 10.2. The Labute approximate surface area is 215 Å². The minimum Gasteiger partial charge on any atom is -0.368 e. The second-order valence-electron chi connectivity index (χ2n) is 8.82. The maximum Gasteiger partial charge on any atom is 0.251 e. The number of hydrogen-bond donors (Lipinski definition) is 1. The minimum atomic E-state index is -0.0698. The molecule has 0 saturated carbocycles. The molecule has 36 heavy (non-hydrogen) atoms. The van der Waals surface area contributed by atoms with Crippen molar-refractivity contribution < 1.29 is 9.59 Å². The normalized spacial score (nSPS) is 13.7. The highest BCUT2D eigenvalue weighted by Crippen LogP contribution is 2.30. The molecule has 0 unspecified atom stereocenters. The molecule has 5 rings (SSSR count). The molecule has 0 aliphatic carbocycles. The van der Waals surface area contributed by atoms with Gasteiger partial charge in [0, 0.05) is 72.5 Å². The van der Waals surface area contributed by atoms with E-state index in [1.165, 1.54) is 5.69 Å². The topological polar surface area (TPSA) is 57.6 Å². The Bertz CT molecular complexity index is 1320. The molecule has 0 bridgehead atoms. The summed E-state index contributed by atoms with van der Waals surface area (Å²) in [6.45, 7) is 4.40. The van der Waals surface area contributed by atoms with Gasteiger partial charge in [0.1, 0.15) is 0 Å². The van der Waals surface area contributed by atoms with Crippen LogP contribution in [0, 0.1) is 0 Å². The van der Waals surface area contributed by atoms with Crippen molar-refractivity contribution in [2.45, 2.75) is 11.4 Å². The van der Waals surface area contributed by atoms with Gasteiger partial charge in [0.2, 0.25) is 5.91 Å². The zero-order valence-electron chi connectivity index (χ0n) is 20.2. The van der Waals surface area contributed by atoms with Crippen molar-refractivity contribution in [2.24, 2.45) is 0 Å². The van der Waals surface area contributed by atoms with E-state index in [2.05, 4.69) is 57.4 Å². The molecule has 0 radical (unpaired) electrons. The van der Waals surface area contributed by atoms with E-state index in [1.807, 2.05) is 53.4 Å². The summed E-state index contributed by atoms with van der Waals surface area (Å²) in [7, 11) is 0. The molecule has 4 aromatic rings. The fourth-order valence-corrected chi connectivity index (χ4v) is 5.57. The zero-order valence-corrected chi connectivity index (χ0v) is 21.0. The molecule has 3 aromatic carbocycles. The molecule has 6 nitrogen and oxygen atoms in total. The number of fused-ring (bicyclic) bond motifs is 1. The van der Waals surface area contributed by atoms with Gasteiger partial charge >= 0.3 is 0 Å². The van der Waals surface area contributed by atoms with Gasteiger partial charge in [-0.2, -0.15) is 0 Å². The van der Waals surface area contributed by atoms with Gasteiger partial charge in [-0.05, 0) is 30.3 Å². The summed E-state index contributed by atoms with van der Waals surface area (Å²) in [6, 6.07) is 27.9. The third-order valence-corrected chi connectivity index (χ3v) is 7.56. The average molecular weight is 499 g/mol. The van der Waals surface area contributed by atoms with Crippen LogP contribution in [0.15, 0.2) is 96.0 Å². The maximum absolute atomic E-state index is 13.0. The van der Waals surface area contributed by atoms with E-state index in [1.54, 1.807) is 11.8 Å². The number of rotatable bonds is 8. The predicted molar refractivity (Wildman–Crippen MR) is 147 cm³/mol. The Hall–Kier alpha value is -3.71. The fourth-order valence-electron chi connectivity index (χ4n) is 4.58. The van der Waals surface area contributed by atoms with E-state index in [-0.39, 0.29) is 11.8 Å². The van der Waals surface area contributed by atoms with Gasteiger partial charge in [-0.25, -0.2) is 0 Å². The van der Waals surface area contributed by atoms with Crippen LogP contribution in [0.25, 0.3) is 10.9 Å². The molecule has 1 aliphatic rings. The van der Waals surface area contributed by atoms with Gasteiger partial charge in [-0.15, -0.1) is 11.8 Å².